The fourth-order valence-electron chi connectivity index (χ4n) is 1.56. The van der Waals surface area contributed by atoms with Gasteiger partial charge in [-0.25, -0.2) is 0 Å². The molecule has 16 heavy (non-hydrogen) atoms. The van der Waals surface area contributed by atoms with Crippen molar-refractivity contribution in [3.8, 4) is 0 Å². The van der Waals surface area contributed by atoms with Crippen LogP contribution in [0.1, 0.15) is 40.0 Å². The average molecular weight is 247 g/mol. The van der Waals surface area contributed by atoms with Gasteiger partial charge < -0.3 is 5.11 Å². The second-order valence-electron chi connectivity index (χ2n) is 5.00. The number of carboxylic acid groups (broad SMARTS) is 1. The van der Waals surface area contributed by atoms with Crippen LogP contribution in [0, 0.1) is 0 Å². The molecule has 0 aromatic carbocycles. The predicted octanol–water partition coefficient (Wildman–Crippen LogP) is 2.70. The fourth-order valence-corrected chi connectivity index (χ4v) is 2.06. The molecular formula is C12H25NO2S. The Morgan fingerprint density at radius 3 is 2.31 bits per heavy atom. The van der Waals surface area contributed by atoms with Gasteiger partial charge in [-0.3, -0.25) is 9.69 Å². The quantitative estimate of drug-likeness (QED) is 0.670. The van der Waals surface area contributed by atoms with Crippen molar-refractivity contribution in [3.63, 3.8) is 0 Å². The number of carbonyl (C=O) groups is 1. The first kappa shape index (κ1) is 15.8. The molecule has 0 spiro atoms. The summed E-state index contributed by atoms with van der Waals surface area (Å²) in [5.74, 6) is 0.482. The maximum absolute atomic E-state index is 10.6. The van der Waals surface area contributed by atoms with Crippen LogP contribution in [-0.2, 0) is 4.79 Å². The van der Waals surface area contributed by atoms with Crippen molar-refractivity contribution in [2.45, 2.75) is 45.6 Å². The van der Waals surface area contributed by atoms with E-state index in [-0.39, 0.29) is 12.0 Å². The topological polar surface area (TPSA) is 40.5 Å². The van der Waals surface area contributed by atoms with Crippen LogP contribution in [0.15, 0.2) is 0 Å². The van der Waals surface area contributed by atoms with E-state index in [1.54, 1.807) is 0 Å². The molecule has 0 aliphatic carbocycles. The molecule has 0 rings (SSSR count). The lowest BCUT2D eigenvalue weighted by Gasteiger charge is -2.35. The van der Waals surface area contributed by atoms with Crippen LogP contribution in [-0.4, -0.2) is 46.6 Å². The minimum atomic E-state index is -0.710. The summed E-state index contributed by atoms with van der Waals surface area (Å²) in [6.45, 7) is 8.08. The lowest BCUT2D eigenvalue weighted by atomic mass is 10.0. The molecule has 0 atom stereocenters. The van der Waals surface area contributed by atoms with Crippen molar-refractivity contribution in [1.82, 2.24) is 4.90 Å². The van der Waals surface area contributed by atoms with E-state index in [2.05, 4.69) is 31.9 Å². The van der Waals surface area contributed by atoms with Gasteiger partial charge >= 0.3 is 5.97 Å². The van der Waals surface area contributed by atoms with Gasteiger partial charge in [-0.1, -0.05) is 0 Å². The molecule has 0 aliphatic rings. The lowest BCUT2D eigenvalue weighted by Crippen LogP contribution is -2.43. The number of hydrogen-bond donors (Lipinski definition) is 1. The van der Waals surface area contributed by atoms with Crippen molar-refractivity contribution in [2.24, 2.45) is 0 Å². The van der Waals surface area contributed by atoms with E-state index >= 15 is 0 Å². The van der Waals surface area contributed by atoms with E-state index in [0.717, 1.165) is 13.0 Å². The summed E-state index contributed by atoms with van der Waals surface area (Å²) in [5.41, 5.74) is 0.0643. The van der Waals surface area contributed by atoms with E-state index in [4.69, 9.17) is 5.11 Å². The number of rotatable bonds is 8. The zero-order valence-electron chi connectivity index (χ0n) is 11.0. The summed E-state index contributed by atoms with van der Waals surface area (Å²) in [6.07, 6.45) is 4.71. The molecule has 0 bridgehead atoms. The molecule has 96 valence electrons. The Morgan fingerprint density at radius 2 is 1.88 bits per heavy atom. The van der Waals surface area contributed by atoms with E-state index in [9.17, 15) is 4.79 Å². The van der Waals surface area contributed by atoms with Crippen molar-refractivity contribution in [2.75, 3.05) is 25.1 Å². The van der Waals surface area contributed by atoms with Crippen molar-refractivity contribution >= 4 is 17.7 Å². The summed E-state index contributed by atoms with van der Waals surface area (Å²) in [5, 5.41) is 8.71. The highest BCUT2D eigenvalue weighted by molar-refractivity contribution is 7.98. The minimum Gasteiger partial charge on any atom is -0.481 e. The highest BCUT2D eigenvalue weighted by atomic mass is 32.2. The number of nitrogens with zero attached hydrogens (tertiary/aromatic N) is 1. The third kappa shape index (κ3) is 7.99. The number of carboxylic acids is 1. The first-order valence-corrected chi connectivity index (χ1v) is 7.23. The smallest absolute Gasteiger partial charge is 0.304 e. The Hall–Kier alpha value is -0.220. The van der Waals surface area contributed by atoms with E-state index < -0.39 is 5.97 Å². The highest BCUT2D eigenvalue weighted by Gasteiger charge is 2.20. The van der Waals surface area contributed by atoms with Crippen molar-refractivity contribution < 1.29 is 9.90 Å². The van der Waals surface area contributed by atoms with Gasteiger partial charge in [0.1, 0.15) is 0 Å². The van der Waals surface area contributed by atoms with Crippen molar-refractivity contribution in [3.05, 3.63) is 0 Å². The van der Waals surface area contributed by atoms with E-state index in [0.29, 0.717) is 6.54 Å². The van der Waals surface area contributed by atoms with Gasteiger partial charge in [0.05, 0.1) is 6.42 Å². The van der Waals surface area contributed by atoms with Crippen LogP contribution in [0.25, 0.3) is 0 Å². The van der Waals surface area contributed by atoms with Crippen LogP contribution < -0.4 is 0 Å². The molecular weight excluding hydrogens is 222 g/mol. The molecule has 0 amide bonds. The van der Waals surface area contributed by atoms with Gasteiger partial charge in [-0.15, -0.1) is 0 Å². The van der Waals surface area contributed by atoms with Crippen LogP contribution in [0.4, 0.5) is 0 Å². The van der Waals surface area contributed by atoms with E-state index in [1.807, 2.05) is 11.8 Å². The van der Waals surface area contributed by atoms with Gasteiger partial charge in [-0.05, 0) is 52.2 Å². The molecule has 0 aromatic heterocycles. The zero-order chi connectivity index (χ0) is 12.6. The maximum Gasteiger partial charge on any atom is 0.304 e. The van der Waals surface area contributed by atoms with Gasteiger partial charge in [0.2, 0.25) is 0 Å². The SMILES string of the molecule is CSCCCCN(CCC(=O)O)C(C)(C)C. The zero-order valence-corrected chi connectivity index (χ0v) is 11.8. The Balaban J connectivity index is 3.97. The monoisotopic (exact) mass is 247 g/mol. The molecule has 3 nitrogen and oxygen atoms in total. The average Bonchev–Trinajstić information content (AvgIpc) is 2.14. The first-order chi connectivity index (χ1) is 7.38. The molecule has 0 saturated heterocycles. The van der Waals surface area contributed by atoms with Crippen molar-refractivity contribution in [1.29, 1.82) is 0 Å². The first-order valence-electron chi connectivity index (χ1n) is 5.83. The number of thioether (sulfide) groups is 1. The van der Waals surface area contributed by atoms with E-state index in [1.165, 1.54) is 12.2 Å². The standard InChI is InChI=1S/C12H25NO2S/c1-12(2,3)13(9-7-11(14)15)8-5-6-10-16-4/h5-10H2,1-4H3,(H,14,15). The fraction of sp³-hybridized carbons (Fsp3) is 0.917. The second kappa shape index (κ2) is 7.96. The van der Waals surface area contributed by atoms with Crippen LogP contribution in [0.5, 0.6) is 0 Å². The minimum absolute atomic E-state index is 0.0643. The molecule has 4 heteroatoms. The highest BCUT2D eigenvalue weighted by Crippen LogP contribution is 2.15. The second-order valence-corrected chi connectivity index (χ2v) is 5.99. The molecule has 0 saturated carbocycles. The molecule has 0 aliphatic heterocycles. The number of hydrogen-bond acceptors (Lipinski definition) is 3. The van der Waals surface area contributed by atoms with Crippen LogP contribution in [0.3, 0.4) is 0 Å². The third-order valence-electron chi connectivity index (χ3n) is 2.57. The molecule has 0 radical (unpaired) electrons. The Morgan fingerprint density at radius 1 is 1.25 bits per heavy atom. The number of unbranched alkanes of at least 4 members (excludes halogenated alkanes) is 1. The number of aliphatic carboxylic acids is 1. The summed E-state index contributed by atoms with van der Waals surface area (Å²) in [7, 11) is 0. The Labute approximate surface area is 104 Å². The molecule has 0 aromatic rings. The summed E-state index contributed by atoms with van der Waals surface area (Å²) < 4.78 is 0. The van der Waals surface area contributed by atoms with Gasteiger partial charge in [0, 0.05) is 12.1 Å². The predicted molar refractivity (Wildman–Crippen MR) is 71.2 cm³/mol. The molecule has 0 fully saturated rings. The molecule has 0 heterocycles. The van der Waals surface area contributed by atoms with Crippen LogP contribution >= 0.6 is 11.8 Å². The molecule has 1 N–H and O–H groups in total. The van der Waals surface area contributed by atoms with Gasteiger partial charge in [0.25, 0.3) is 0 Å². The molecule has 0 unspecified atom stereocenters. The normalized spacial score (nSPS) is 12.1. The summed E-state index contributed by atoms with van der Waals surface area (Å²) in [6, 6.07) is 0. The largest absolute Gasteiger partial charge is 0.481 e. The Kier molecular flexibility index (Phi) is 7.85. The lowest BCUT2D eigenvalue weighted by molar-refractivity contribution is -0.137. The summed E-state index contributed by atoms with van der Waals surface area (Å²) in [4.78, 5) is 12.8. The summed E-state index contributed by atoms with van der Waals surface area (Å²) >= 11 is 1.87. The van der Waals surface area contributed by atoms with Gasteiger partial charge in [-0.2, -0.15) is 11.8 Å². The third-order valence-corrected chi connectivity index (χ3v) is 3.27. The maximum atomic E-state index is 10.6. The van der Waals surface area contributed by atoms with Crippen LogP contribution in [0.2, 0.25) is 0 Å². The van der Waals surface area contributed by atoms with Gasteiger partial charge in [0.15, 0.2) is 0 Å². The Bertz CT molecular complexity index is 202.